The number of nitro groups is 1. The van der Waals surface area contributed by atoms with Gasteiger partial charge in [0, 0.05) is 49.9 Å². The topological polar surface area (TPSA) is 95.8 Å². The standard InChI is InChI=1S/C23H26N4O4/c28-22-5-4-14-26(22)19-9-6-17(7-10-19)16-24-23(29)18-8-11-20(21(15-18)27(30)31)25-12-2-1-3-13-25/h6-11,15H,1-5,12-14,16H2,(H,24,29). The summed E-state index contributed by atoms with van der Waals surface area (Å²) in [4.78, 5) is 39.4. The highest BCUT2D eigenvalue weighted by Crippen LogP contribution is 2.31. The molecule has 1 N–H and O–H groups in total. The summed E-state index contributed by atoms with van der Waals surface area (Å²) in [6, 6.07) is 12.2. The van der Waals surface area contributed by atoms with Gasteiger partial charge in [0.25, 0.3) is 11.6 Å². The average molecular weight is 422 g/mol. The lowest BCUT2D eigenvalue weighted by molar-refractivity contribution is -0.384. The molecule has 4 rings (SSSR count). The molecule has 31 heavy (non-hydrogen) atoms. The van der Waals surface area contributed by atoms with E-state index < -0.39 is 4.92 Å². The average Bonchev–Trinajstić information content (AvgIpc) is 3.23. The van der Waals surface area contributed by atoms with Gasteiger partial charge in [-0.15, -0.1) is 0 Å². The third-order valence-corrected chi connectivity index (χ3v) is 5.91. The van der Waals surface area contributed by atoms with Crippen molar-refractivity contribution in [1.29, 1.82) is 0 Å². The number of hydrogen-bond donors (Lipinski definition) is 1. The molecule has 8 nitrogen and oxygen atoms in total. The van der Waals surface area contributed by atoms with E-state index in [9.17, 15) is 19.7 Å². The molecule has 0 aromatic heterocycles. The van der Waals surface area contributed by atoms with Crippen molar-refractivity contribution in [3.8, 4) is 0 Å². The summed E-state index contributed by atoms with van der Waals surface area (Å²) >= 11 is 0. The van der Waals surface area contributed by atoms with Crippen molar-refractivity contribution in [2.24, 2.45) is 0 Å². The van der Waals surface area contributed by atoms with E-state index in [4.69, 9.17) is 0 Å². The molecule has 162 valence electrons. The summed E-state index contributed by atoms with van der Waals surface area (Å²) in [5.74, 6) is -0.220. The smallest absolute Gasteiger partial charge is 0.293 e. The van der Waals surface area contributed by atoms with Gasteiger partial charge in [-0.25, -0.2) is 0 Å². The van der Waals surface area contributed by atoms with Crippen LogP contribution in [-0.2, 0) is 11.3 Å². The van der Waals surface area contributed by atoms with Crippen molar-refractivity contribution in [2.75, 3.05) is 29.4 Å². The summed E-state index contributed by atoms with van der Waals surface area (Å²) in [5.41, 5.74) is 2.57. The number of rotatable bonds is 6. The van der Waals surface area contributed by atoms with Gasteiger partial charge in [0.05, 0.1) is 4.92 Å². The number of benzene rings is 2. The second kappa shape index (κ2) is 9.16. The maximum absolute atomic E-state index is 12.6. The Morgan fingerprint density at radius 2 is 1.74 bits per heavy atom. The molecule has 2 aromatic rings. The van der Waals surface area contributed by atoms with Gasteiger partial charge in [-0.3, -0.25) is 19.7 Å². The lowest BCUT2D eigenvalue weighted by Gasteiger charge is -2.28. The van der Waals surface area contributed by atoms with E-state index in [1.54, 1.807) is 17.0 Å². The largest absolute Gasteiger partial charge is 0.366 e. The van der Waals surface area contributed by atoms with Crippen molar-refractivity contribution < 1.29 is 14.5 Å². The van der Waals surface area contributed by atoms with Crippen molar-refractivity contribution in [3.05, 3.63) is 63.7 Å². The molecule has 0 unspecified atom stereocenters. The number of hydrogen-bond acceptors (Lipinski definition) is 5. The fourth-order valence-corrected chi connectivity index (χ4v) is 4.21. The van der Waals surface area contributed by atoms with E-state index in [1.165, 1.54) is 6.07 Å². The Morgan fingerprint density at radius 3 is 2.39 bits per heavy atom. The molecule has 2 aliphatic heterocycles. The highest BCUT2D eigenvalue weighted by Gasteiger charge is 2.23. The number of carbonyl (C=O) groups excluding carboxylic acids is 2. The molecular formula is C23H26N4O4. The zero-order valence-corrected chi connectivity index (χ0v) is 17.4. The SMILES string of the molecule is O=C(NCc1ccc(N2CCCC2=O)cc1)c1ccc(N2CCCCC2)c([N+](=O)[O-])c1. The molecule has 2 amide bonds. The number of amides is 2. The molecule has 0 atom stereocenters. The minimum absolute atomic E-state index is 0.0332. The van der Waals surface area contributed by atoms with Crippen LogP contribution in [0.15, 0.2) is 42.5 Å². The van der Waals surface area contributed by atoms with E-state index in [0.717, 1.165) is 56.6 Å². The highest BCUT2D eigenvalue weighted by molar-refractivity contribution is 5.96. The number of carbonyl (C=O) groups is 2. The molecule has 8 heteroatoms. The molecule has 2 heterocycles. The first kappa shape index (κ1) is 20.8. The first-order chi connectivity index (χ1) is 15.0. The van der Waals surface area contributed by atoms with Crippen LogP contribution >= 0.6 is 0 Å². The number of nitrogens with one attached hydrogen (secondary N) is 1. The summed E-state index contributed by atoms with van der Waals surface area (Å²) in [5, 5.41) is 14.4. The lowest BCUT2D eigenvalue weighted by atomic mass is 10.1. The van der Waals surface area contributed by atoms with Crippen LogP contribution in [0.4, 0.5) is 17.1 Å². The number of nitro benzene ring substituents is 1. The van der Waals surface area contributed by atoms with E-state index in [0.29, 0.717) is 18.7 Å². The van der Waals surface area contributed by atoms with Crippen LogP contribution in [0.3, 0.4) is 0 Å². The lowest BCUT2D eigenvalue weighted by Crippen LogP contribution is -2.30. The van der Waals surface area contributed by atoms with Crippen molar-refractivity contribution >= 4 is 28.9 Å². The van der Waals surface area contributed by atoms with Crippen LogP contribution in [-0.4, -0.2) is 36.4 Å². The zero-order chi connectivity index (χ0) is 21.8. The summed E-state index contributed by atoms with van der Waals surface area (Å²) in [6.45, 7) is 2.63. The van der Waals surface area contributed by atoms with Crippen LogP contribution in [0.2, 0.25) is 0 Å². The fourth-order valence-electron chi connectivity index (χ4n) is 4.21. The van der Waals surface area contributed by atoms with E-state index in [1.807, 2.05) is 29.2 Å². The minimum atomic E-state index is -0.418. The van der Waals surface area contributed by atoms with Gasteiger partial charge < -0.3 is 15.1 Å². The van der Waals surface area contributed by atoms with Crippen molar-refractivity contribution in [3.63, 3.8) is 0 Å². The fraction of sp³-hybridized carbons (Fsp3) is 0.391. The normalized spacial score (nSPS) is 16.5. The number of anilines is 2. The maximum atomic E-state index is 12.6. The maximum Gasteiger partial charge on any atom is 0.293 e. The van der Waals surface area contributed by atoms with Crippen LogP contribution < -0.4 is 15.1 Å². The zero-order valence-electron chi connectivity index (χ0n) is 17.4. The molecule has 0 aliphatic carbocycles. The highest BCUT2D eigenvalue weighted by atomic mass is 16.6. The Labute approximate surface area is 181 Å². The van der Waals surface area contributed by atoms with Gasteiger partial charge in [0.1, 0.15) is 5.69 Å². The van der Waals surface area contributed by atoms with Crippen LogP contribution in [0.5, 0.6) is 0 Å². The Morgan fingerprint density at radius 1 is 1.00 bits per heavy atom. The Kier molecular flexibility index (Phi) is 6.16. The van der Waals surface area contributed by atoms with Gasteiger partial charge in [-0.1, -0.05) is 12.1 Å². The summed E-state index contributed by atoms with van der Waals surface area (Å²) in [7, 11) is 0. The molecule has 0 spiro atoms. The van der Waals surface area contributed by atoms with Gasteiger partial charge in [-0.2, -0.15) is 0 Å². The van der Waals surface area contributed by atoms with Crippen LogP contribution in [0.25, 0.3) is 0 Å². The predicted molar refractivity (Wildman–Crippen MR) is 118 cm³/mol. The monoisotopic (exact) mass is 422 g/mol. The molecule has 2 aromatic carbocycles. The third-order valence-electron chi connectivity index (χ3n) is 5.91. The molecule has 2 fully saturated rings. The third kappa shape index (κ3) is 4.68. The van der Waals surface area contributed by atoms with Crippen LogP contribution in [0.1, 0.15) is 48.0 Å². The van der Waals surface area contributed by atoms with Gasteiger partial charge in [0.2, 0.25) is 5.91 Å². The number of nitrogens with zero attached hydrogens (tertiary/aromatic N) is 3. The first-order valence-electron chi connectivity index (χ1n) is 10.7. The molecule has 0 bridgehead atoms. The van der Waals surface area contributed by atoms with Gasteiger partial charge >= 0.3 is 0 Å². The molecule has 0 radical (unpaired) electrons. The molecule has 2 saturated heterocycles. The second-order valence-corrected chi connectivity index (χ2v) is 8.01. The second-order valence-electron chi connectivity index (χ2n) is 8.01. The van der Waals surface area contributed by atoms with E-state index >= 15 is 0 Å². The van der Waals surface area contributed by atoms with Crippen molar-refractivity contribution in [2.45, 2.75) is 38.6 Å². The molecule has 0 saturated carbocycles. The first-order valence-corrected chi connectivity index (χ1v) is 10.7. The summed E-state index contributed by atoms with van der Waals surface area (Å²) in [6.07, 6.45) is 4.63. The minimum Gasteiger partial charge on any atom is -0.366 e. The van der Waals surface area contributed by atoms with E-state index in [2.05, 4.69) is 5.32 Å². The molecule has 2 aliphatic rings. The summed E-state index contributed by atoms with van der Waals surface area (Å²) < 4.78 is 0. The van der Waals surface area contributed by atoms with Crippen LogP contribution in [0, 0.1) is 10.1 Å². The predicted octanol–water partition coefficient (Wildman–Crippen LogP) is 3.64. The van der Waals surface area contributed by atoms with Gasteiger partial charge in [-0.05, 0) is 55.5 Å². The van der Waals surface area contributed by atoms with E-state index in [-0.39, 0.29) is 23.1 Å². The Balaban J connectivity index is 1.41. The van der Waals surface area contributed by atoms with Gasteiger partial charge in [0.15, 0.2) is 0 Å². The Hall–Kier alpha value is -3.42. The Bertz CT molecular complexity index is 984. The molecular weight excluding hydrogens is 396 g/mol. The number of piperidine rings is 1. The van der Waals surface area contributed by atoms with Crippen molar-refractivity contribution in [1.82, 2.24) is 5.32 Å². The quantitative estimate of drug-likeness (QED) is 0.566.